The fourth-order valence-electron chi connectivity index (χ4n) is 4.58. The smallest absolute Gasteiger partial charge is 0.246 e. The molecule has 0 saturated carbocycles. The molecule has 2 N–H and O–H groups in total. The molecule has 0 aliphatic carbocycles. The third-order valence-corrected chi connectivity index (χ3v) is 6.41. The number of nitrogens with two attached hydrogens (primary N) is 1. The van der Waals surface area contributed by atoms with Crippen molar-refractivity contribution in [2.45, 2.75) is 18.9 Å². The van der Waals surface area contributed by atoms with Crippen LogP contribution in [0.5, 0.6) is 11.5 Å². The molecule has 2 aromatic carbocycles. The molecule has 1 fully saturated rings. The van der Waals surface area contributed by atoms with E-state index in [-0.39, 0.29) is 11.9 Å². The van der Waals surface area contributed by atoms with Gasteiger partial charge in [-0.15, -0.1) is 0 Å². The van der Waals surface area contributed by atoms with E-state index in [0.717, 1.165) is 43.0 Å². The van der Waals surface area contributed by atoms with Gasteiger partial charge in [0.15, 0.2) is 5.65 Å². The minimum Gasteiger partial charge on any atom is -0.457 e. The van der Waals surface area contributed by atoms with Crippen LogP contribution >= 0.6 is 0 Å². The molecule has 3 heterocycles. The van der Waals surface area contributed by atoms with E-state index in [1.807, 2.05) is 89.3 Å². The summed E-state index contributed by atoms with van der Waals surface area (Å²) in [5.41, 5.74) is 8.60. The third-order valence-electron chi connectivity index (χ3n) is 6.41. The summed E-state index contributed by atoms with van der Waals surface area (Å²) in [7, 11) is 3.95. The van der Waals surface area contributed by atoms with Crippen LogP contribution in [0.4, 0.5) is 5.82 Å². The van der Waals surface area contributed by atoms with Crippen molar-refractivity contribution >= 4 is 22.8 Å². The zero-order valence-corrected chi connectivity index (χ0v) is 21.1. The molecule has 37 heavy (non-hydrogen) atoms. The van der Waals surface area contributed by atoms with Crippen molar-refractivity contribution in [2.24, 2.45) is 0 Å². The Hall–Kier alpha value is -4.24. The van der Waals surface area contributed by atoms with Gasteiger partial charge in [-0.3, -0.25) is 4.79 Å². The maximum atomic E-state index is 12.8. The molecule has 9 nitrogen and oxygen atoms in total. The number of hydrogen-bond acceptors (Lipinski definition) is 7. The molecule has 2 aromatic heterocycles. The number of nitrogen functional groups attached to an aromatic ring is 1. The summed E-state index contributed by atoms with van der Waals surface area (Å²) in [6.07, 6.45) is 6.81. The number of para-hydroxylation sites is 1. The highest BCUT2D eigenvalue weighted by Crippen LogP contribution is 2.34. The van der Waals surface area contributed by atoms with E-state index < -0.39 is 0 Å². The molecule has 5 rings (SSSR count). The number of carbonyl (C=O) groups is 1. The minimum atomic E-state index is -0.00816. The van der Waals surface area contributed by atoms with Crippen LogP contribution in [0.1, 0.15) is 18.9 Å². The van der Waals surface area contributed by atoms with Crippen molar-refractivity contribution in [3.05, 3.63) is 73.1 Å². The quantitative estimate of drug-likeness (QED) is 0.383. The molecule has 1 unspecified atom stereocenters. The molecule has 1 amide bonds. The Labute approximate surface area is 216 Å². The fraction of sp³-hybridized carbons (Fsp3) is 0.286. The number of ether oxygens (including phenoxy) is 1. The normalized spacial score (nSPS) is 16.1. The van der Waals surface area contributed by atoms with Crippen molar-refractivity contribution in [1.82, 2.24) is 29.5 Å². The van der Waals surface area contributed by atoms with E-state index in [0.29, 0.717) is 29.1 Å². The molecule has 0 radical (unpaired) electrons. The number of aromatic nitrogens is 4. The summed E-state index contributed by atoms with van der Waals surface area (Å²) >= 11 is 0. The Morgan fingerprint density at radius 3 is 2.62 bits per heavy atom. The maximum Gasteiger partial charge on any atom is 0.246 e. The van der Waals surface area contributed by atoms with Gasteiger partial charge in [0.05, 0.1) is 11.4 Å². The number of piperidine rings is 1. The summed E-state index contributed by atoms with van der Waals surface area (Å²) in [5.74, 6) is 1.90. The lowest BCUT2D eigenvalue weighted by Gasteiger charge is -2.32. The number of likely N-dealkylation sites (N-methyl/N-ethyl adjacent to an activating group) is 1. The predicted octanol–water partition coefficient (Wildman–Crippen LogP) is 4.15. The number of amides is 1. The van der Waals surface area contributed by atoms with Crippen molar-refractivity contribution in [2.75, 3.05) is 39.5 Å². The first kappa shape index (κ1) is 24.5. The summed E-state index contributed by atoms with van der Waals surface area (Å²) in [6, 6.07) is 17.4. The Morgan fingerprint density at radius 1 is 1.11 bits per heavy atom. The second kappa shape index (κ2) is 10.8. The molecule has 1 atom stereocenters. The number of carbonyl (C=O) groups excluding carboxylic acids is 1. The van der Waals surface area contributed by atoms with Crippen LogP contribution in [-0.2, 0) is 4.79 Å². The molecular formula is C28H31N7O2. The fourth-order valence-corrected chi connectivity index (χ4v) is 4.58. The van der Waals surface area contributed by atoms with Crippen LogP contribution in [0.15, 0.2) is 73.1 Å². The van der Waals surface area contributed by atoms with Crippen LogP contribution in [0.25, 0.3) is 22.3 Å². The SMILES string of the molecule is CN(C)CC=CC(=O)N1CCCC(n2nc(-c3ccc(Oc4ccccc4)cc3)c3c(N)ncnc32)C1. The molecule has 1 aliphatic heterocycles. The molecule has 190 valence electrons. The zero-order valence-electron chi connectivity index (χ0n) is 21.1. The first-order valence-electron chi connectivity index (χ1n) is 12.4. The number of anilines is 1. The number of nitrogens with zero attached hydrogens (tertiary/aromatic N) is 6. The number of fused-ring (bicyclic) bond motifs is 1. The molecule has 1 aliphatic rings. The highest BCUT2D eigenvalue weighted by atomic mass is 16.5. The van der Waals surface area contributed by atoms with E-state index in [1.165, 1.54) is 6.33 Å². The van der Waals surface area contributed by atoms with Gasteiger partial charge >= 0.3 is 0 Å². The van der Waals surface area contributed by atoms with E-state index in [1.54, 1.807) is 6.08 Å². The lowest BCUT2D eigenvalue weighted by atomic mass is 10.1. The number of benzene rings is 2. The Bertz CT molecular complexity index is 1400. The van der Waals surface area contributed by atoms with Crippen LogP contribution in [0, 0.1) is 0 Å². The van der Waals surface area contributed by atoms with E-state index in [9.17, 15) is 4.79 Å². The van der Waals surface area contributed by atoms with Crippen molar-refractivity contribution in [3.8, 4) is 22.8 Å². The predicted molar refractivity (Wildman–Crippen MR) is 144 cm³/mol. The molecule has 4 aromatic rings. The van der Waals surface area contributed by atoms with Crippen LogP contribution < -0.4 is 10.5 Å². The zero-order chi connectivity index (χ0) is 25.8. The van der Waals surface area contributed by atoms with Crippen molar-refractivity contribution in [3.63, 3.8) is 0 Å². The molecule has 0 spiro atoms. The third kappa shape index (κ3) is 5.46. The standard InChI is InChI=1S/C28H31N7O2/c1-33(2)16-7-11-24(36)34-17-6-8-21(18-34)35-28-25(27(29)30-19-31-28)26(32-35)20-12-14-23(15-13-20)37-22-9-4-3-5-10-22/h3-5,7,9-15,19,21H,6,8,16-18H2,1-2H3,(H2,29,30,31). The summed E-state index contributed by atoms with van der Waals surface area (Å²) in [5, 5.41) is 5.68. The van der Waals surface area contributed by atoms with E-state index >= 15 is 0 Å². The largest absolute Gasteiger partial charge is 0.457 e. The van der Waals surface area contributed by atoms with Crippen LogP contribution in [0.3, 0.4) is 0 Å². The monoisotopic (exact) mass is 497 g/mol. The van der Waals surface area contributed by atoms with Crippen LogP contribution in [0.2, 0.25) is 0 Å². The first-order valence-corrected chi connectivity index (χ1v) is 12.4. The van der Waals surface area contributed by atoms with Crippen molar-refractivity contribution < 1.29 is 9.53 Å². The van der Waals surface area contributed by atoms with Gasteiger partial charge in [-0.1, -0.05) is 24.3 Å². The summed E-state index contributed by atoms with van der Waals surface area (Å²) in [4.78, 5) is 25.5. The summed E-state index contributed by atoms with van der Waals surface area (Å²) in [6.45, 7) is 2.02. The van der Waals surface area contributed by atoms with Gasteiger partial charge < -0.3 is 20.3 Å². The van der Waals surface area contributed by atoms with Gasteiger partial charge in [-0.2, -0.15) is 5.10 Å². The highest BCUT2D eigenvalue weighted by molar-refractivity contribution is 5.98. The Balaban J connectivity index is 1.42. The van der Waals surface area contributed by atoms with Gasteiger partial charge in [-0.25, -0.2) is 14.6 Å². The van der Waals surface area contributed by atoms with Crippen molar-refractivity contribution in [1.29, 1.82) is 0 Å². The number of rotatable bonds is 7. The lowest BCUT2D eigenvalue weighted by Crippen LogP contribution is -2.40. The topological polar surface area (TPSA) is 102 Å². The van der Waals surface area contributed by atoms with Gasteiger partial charge in [0.1, 0.15) is 29.3 Å². The molecule has 9 heteroatoms. The number of likely N-dealkylation sites (tertiary alicyclic amines) is 1. The van der Waals surface area contributed by atoms with Gasteiger partial charge in [0, 0.05) is 31.3 Å². The average Bonchev–Trinajstić information content (AvgIpc) is 3.31. The van der Waals surface area contributed by atoms with E-state index in [2.05, 4.69) is 9.97 Å². The van der Waals surface area contributed by atoms with Crippen LogP contribution in [-0.4, -0.2) is 69.2 Å². The maximum absolute atomic E-state index is 12.8. The van der Waals surface area contributed by atoms with Gasteiger partial charge in [0.2, 0.25) is 5.91 Å². The Morgan fingerprint density at radius 2 is 1.86 bits per heavy atom. The van der Waals surface area contributed by atoms with Gasteiger partial charge in [-0.05, 0) is 63.3 Å². The van der Waals surface area contributed by atoms with Gasteiger partial charge in [0.25, 0.3) is 0 Å². The highest BCUT2D eigenvalue weighted by Gasteiger charge is 2.28. The molecule has 0 bridgehead atoms. The summed E-state index contributed by atoms with van der Waals surface area (Å²) < 4.78 is 7.85. The second-order valence-corrected chi connectivity index (χ2v) is 9.44. The number of hydrogen-bond donors (Lipinski definition) is 1. The van der Waals surface area contributed by atoms with E-state index in [4.69, 9.17) is 15.6 Å². The Kier molecular flexibility index (Phi) is 7.14. The molecule has 1 saturated heterocycles. The minimum absolute atomic E-state index is 0.00816. The lowest BCUT2D eigenvalue weighted by molar-refractivity contribution is -0.127. The molecular weight excluding hydrogens is 466 g/mol. The second-order valence-electron chi connectivity index (χ2n) is 9.44. The average molecular weight is 498 g/mol. The first-order chi connectivity index (χ1) is 18.0.